The number of anilines is 2. The van der Waals surface area contributed by atoms with Crippen LogP contribution < -0.4 is 14.4 Å². The average Bonchev–Trinajstić information content (AvgIpc) is 2.79. The Morgan fingerprint density at radius 3 is 2.29 bits per heavy atom. The largest absolute Gasteiger partial charge is 0.476 e. The summed E-state index contributed by atoms with van der Waals surface area (Å²) in [5.74, 6) is 0.336. The van der Waals surface area contributed by atoms with Gasteiger partial charge in [-0.05, 0) is 47.9 Å². The number of amides is 1. The van der Waals surface area contributed by atoms with Crippen molar-refractivity contribution in [1.82, 2.24) is 0 Å². The number of fused-ring (bicyclic) bond motifs is 1. The van der Waals surface area contributed by atoms with Crippen molar-refractivity contribution >= 4 is 27.3 Å². The number of ether oxygens (including phenoxy) is 1. The van der Waals surface area contributed by atoms with Gasteiger partial charge in [-0.25, -0.2) is 8.42 Å². The van der Waals surface area contributed by atoms with Gasteiger partial charge in [-0.3, -0.25) is 9.10 Å². The van der Waals surface area contributed by atoms with Gasteiger partial charge < -0.3 is 10.1 Å². The van der Waals surface area contributed by atoms with Crippen molar-refractivity contribution in [2.75, 3.05) is 16.2 Å². The van der Waals surface area contributed by atoms with E-state index in [4.69, 9.17) is 4.74 Å². The van der Waals surface area contributed by atoms with E-state index in [1.54, 1.807) is 54.6 Å². The molecule has 160 valence electrons. The minimum atomic E-state index is -3.86. The number of para-hydroxylation sites is 2. The van der Waals surface area contributed by atoms with Crippen molar-refractivity contribution in [3.05, 3.63) is 84.4 Å². The predicted octanol–water partition coefficient (Wildman–Crippen LogP) is 4.41. The summed E-state index contributed by atoms with van der Waals surface area (Å²) in [6, 6.07) is 22.6. The van der Waals surface area contributed by atoms with E-state index in [9.17, 15) is 13.2 Å². The number of nitrogens with one attached hydrogen (secondary N) is 1. The van der Waals surface area contributed by atoms with E-state index < -0.39 is 22.0 Å². The summed E-state index contributed by atoms with van der Waals surface area (Å²) in [6.07, 6.45) is -0.988. The Balaban J connectivity index is 1.61. The van der Waals surface area contributed by atoms with Gasteiger partial charge in [0.1, 0.15) is 5.75 Å². The molecule has 0 fully saturated rings. The quantitative estimate of drug-likeness (QED) is 0.643. The Hall–Kier alpha value is -3.32. The number of carbonyl (C=O) groups is 1. The maximum atomic E-state index is 13.3. The van der Waals surface area contributed by atoms with Crippen molar-refractivity contribution < 1.29 is 17.9 Å². The second-order valence-electron chi connectivity index (χ2n) is 7.69. The lowest BCUT2D eigenvalue weighted by Crippen LogP contribution is -2.48. The molecule has 1 aliphatic heterocycles. The maximum Gasteiger partial charge on any atom is 0.267 e. The third-order valence-corrected chi connectivity index (χ3v) is 7.00. The van der Waals surface area contributed by atoms with Crippen LogP contribution in [0, 0.1) is 0 Å². The molecule has 1 N–H and O–H groups in total. The minimum absolute atomic E-state index is 0.121. The molecular formula is C24H24N2O4S. The van der Waals surface area contributed by atoms with Crippen LogP contribution in [0.4, 0.5) is 11.4 Å². The SMILES string of the molecule is CC(C)c1ccc(NC(=O)C2CN(S(=O)(=O)c3ccccc3)c3ccccc3O2)cc1. The van der Waals surface area contributed by atoms with Gasteiger partial charge in [-0.1, -0.05) is 56.3 Å². The molecule has 3 aromatic carbocycles. The molecule has 31 heavy (non-hydrogen) atoms. The number of sulfonamides is 1. The second kappa shape index (κ2) is 8.43. The Labute approximate surface area is 182 Å². The second-order valence-corrected chi connectivity index (χ2v) is 9.55. The Morgan fingerprint density at radius 1 is 0.968 bits per heavy atom. The number of nitrogens with zero attached hydrogens (tertiary/aromatic N) is 1. The number of hydrogen-bond acceptors (Lipinski definition) is 4. The molecule has 1 unspecified atom stereocenters. The molecule has 0 saturated carbocycles. The topological polar surface area (TPSA) is 75.7 Å². The van der Waals surface area contributed by atoms with E-state index in [2.05, 4.69) is 19.2 Å². The van der Waals surface area contributed by atoms with E-state index in [0.29, 0.717) is 23.0 Å². The molecule has 0 saturated heterocycles. The predicted molar refractivity (Wildman–Crippen MR) is 121 cm³/mol. The molecule has 0 bridgehead atoms. The Morgan fingerprint density at radius 2 is 1.61 bits per heavy atom. The monoisotopic (exact) mass is 436 g/mol. The molecule has 1 amide bonds. The van der Waals surface area contributed by atoms with E-state index in [-0.39, 0.29) is 11.4 Å². The van der Waals surface area contributed by atoms with Crippen molar-refractivity contribution in [2.45, 2.75) is 30.8 Å². The van der Waals surface area contributed by atoms with Gasteiger partial charge in [-0.15, -0.1) is 0 Å². The lowest BCUT2D eigenvalue weighted by molar-refractivity contribution is -0.122. The first-order valence-electron chi connectivity index (χ1n) is 10.1. The highest BCUT2D eigenvalue weighted by Gasteiger charge is 2.37. The number of carbonyl (C=O) groups excluding carboxylic acids is 1. The first kappa shape index (κ1) is 20.9. The molecule has 3 aromatic rings. The van der Waals surface area contributed by atoms with Crippen LogP contribution in [0.15, 0.2) is 83.8 Å². The summed E-state index contributed by atoms with van der Waals surface area (Å²) < 4.78 is 33.7. The summed E-state index contributed by atoms with van der Waals surface area (Å²) in [7, 11) is -3.86. The van der Waals surface area contributed by atoms with Gasteiger partial charge in [0.15, 0.2) is 6.10 Å². The summed E-state index contributed by atoms with van der Waals surface area (Å²) in [4.78, 5) is 13.1. The van der Waals surface area contributed by atoms with Crippen molar-refractivity contribution in [1.29, 1.82) is 0 Å². The fraction of sp³-hybridized carbons (Fsp3) is 0.208. The third kappa shape index (κ3) is 4.27. The molecule has 1 atom stereocenters. The van der Waals surface area contributed by atoms with E-state index in [1.807, 2.05) is 24.3 Å². The van der Waals surface area contributed by atoms with Crippen molar-refractivity contribution in [3.8, 4) is 5.75 Å². The molecule has 6 nitrogen and oxygen atoms in total. The van der Waals surface area contributed by atoms with E-state index >= 15 is 0 Å². The molecule has 1 aliphatic rings. The van der Waals surface area contributed by atoms with Gasteiger partial charge in [-0.2, -0.15) is 0 Å². The zero-order valence-corrected chi connectivity index (χ0v) is 18.2. The van der Waals surface area contributed by atoms with E-state index in [1.165, 1.54) is 9.87 Å². The fourth-order valence-corrected chi connectivity index (χ4v) is 4.96. The van der Waals surface area contributed by atoms with Crippen molar-refractivity contribution in [2.24, 2.45) is 0 Å². The third-order valence-electron chi connectivity index (χ3n) is 5.20. The minimum Gasteiger partial charge on any atom is -0.476 e. The molecular weight excluding hydrogens is 412 g/mol. The molecule has 4 rings (SSSR count). The fourth-order valence-electron chi connectivity index (χ4n) is 3.46. The van der Waals surface area contributed by atoms with Gasteiger partial charge >= 0.3 is 0 Å². The zero-order chi connectivity index (χ0) is 22.0. The zero-order valence-electron chi connectivity index (χ0n) is 17.4. The number of rotatable bonds is 5. The van der Waals surface area contributed by atoms with Gasteiger partial charge in [0.2, 0.25) is 0 Å². The summed E-state index contributed by atoms with van der Waals surface area (Å²) in [5.41, 5.74) is 2.21. The van der Waals surface area contributed by atoms with Crippen LogP contribution in [0.5, 0.6) is 5.75 Å². The molecule has 0 aromatic heterocycles. The van der Waals surface area contributed by atoms with Crippen LogP contribution in [0.25, 0.3) is 0 Å². The molecule has 7 heteroatoms. The van der Waals surface area contributed by atoms with Crippen LogP contribution in [-0.2, 0) is 14.8 Å². The van der Waals surface area contributed by atoms with Crippen LogP contribution in [-0.4, -0.2) is 27.0 Å². The van der Waals surface area contributed by atoms with Gasteiger partial charge in [0.25, 0.3) is 15.9 Å². The summed E-state index contributed by atoms with van der Waals surface area (Å²) in [6.45, 7) is 4.08. The normalized spacial score (nSPS) is 15.8. The molecule has 0 radical (unpaired) electrons. The highest BCUT2D eigenvalue weighted by molar-refractivity contribution is 7.92. The maximum absolute atomic E-state index is 13.3. The Bertz CT molecular complexity index is 1180. The molecule has 1 heterocycles. The van der Waals surface area contributed by atoms with Gasteiger partial charge in [0.05, 0.1) is 17.1 Å². The van der Waals surface area contributed by atoms with Gasteiger partial charge in [0, 0.05) is 5.69 Å². The van der Waals surface area contributed by atoms with E-state index in [0.717, 1.165) is 0 Å². The van der Waals surface area contributed by atoms with Crippen LogP contribution in [0.2, 0.25) is 0 Å². The number of hydrogen-bond donors (Lipinski definition) is 1. The first-order chi connectivity index (χ1) is 14.9. The lowest BCUT2D eigenvalue weighted by Gasteiger charge is -2.34. The average molecular weight is 437 g/mol. The lowest BCUT2D eigenvalue weighted by atomic mass is 10.0. The summed E-state index contributed by atoms with van der Waals surface area (Å²) >= 11 is 0. The summed E-state index contributed by atoms with van der Waals surface area (Å²) in [5, 5.41) is 2.83. The van der Waals surface area contributed by atoms with Crippen molar-refractivity contribution in [3.63, 3.8) is 0 Å². The number of benzene rings is 3. The standard InChI is InChI=1S/C24H24N2O4S/c1-17(2)18-12-14-19(15-13-18)25-24(27)23-16-26(21-10-6-7-11-22(21)30-23)31(28,29)20-8-4-3-5-9-20/h3-15,17,23H,16H2,1-2H3,(H,25,27). The molecule has 0 spiro atoms. The highest BCUT2D eigenvalue weighted by Crippen LogP contribution is 2.37. The van der Waals surface area contributed by atoms with Crippen LogP contribution in [0.3, 0.4) is 0 Å². The molecule has 0 aliphatic carbocycles. The smallest absolute Gasteiger partial charge is 0.267 e. The van der Waals surface area contributed by atoms with Crippen LogP contribution >= 0.6 is 0 Å². The first-order valence-corrected chi connectivity index (χ1v) is 11.5. The van der Waals surface area contributed by atoms with Crippen LogP contribution in [0.1, 0.15) is 25.3 Å². The highest BCUT2D eigenvalue weighted by atomic mass is 32.2. The Kier molecular flexibility index (Phi) is 5.69.